The number of carbonyl (C=O) groups is 1. The van der Waals surface area contributed by atoms with Crippen molar-refractivity contribution >= 4 is 5.91 Å². The number of hydrogen-bond donors (Lipinski definition) is 0. The van der Waals surface area contributed by atoms with Gasteiger partial charge in [0.1, 0.15) is 6.61 Å². The Morgan fingerprint density at radius 2 is 1.92 bits per heavy atom. The summed E-state index contributed by atoms with van der Waals surface area (Å²) in [5, 5.41) is 0. The van der Waals surface area contributed by atoms with Gasteiger partial charge >= 0.3 is 0 Å². The molecule has 0 N–H and O–H groups in total. The zero-order valence-electron chi connectivity index (χ0n) is 15.7. The van der Waals surface area contributed by atoms with E-state index in [2.05, 4.69) is 22.0 Å². The van der Waals surface area contributed by atoms with Crippen molar-refractivity contribution in [2.24, 2.45) is 0 Å². The maximum Gasteiger partial charge on any atom is 0.248 e. The highest BCUT2D eigenvalue weighted by Crippen LogP contribution is 2.39. The summed E-state index contributed by atoms with van der Waals surface area (Å²) in [6.45, 7) is 3.63. The fourth-order valence-corrected chi connectivity index (χ4v) is 3.88. The zero-order chi connectivity index (χ0) is 18.4. The highest BCUT2D eigenvalue weighted by Gasteiger charge is 2.44. The van der Waals surface area contributed by atoms with Crippen LogP contribution in [0.15, 0.2) is 24.5 Å². The summed E-state index contributed by atoms with van der Waals surface area (Å²) < 4.78 is 15.9. The summed E-state index contributed by atoms with van der Waals surface area (Å²) in [7, 11) is 3.40. The van der Waals surface area contributed by atoms with Crippen LogP contribution in [0, 0.1) is 0 Å². The Hall–Kier alpha value is -1.54. The fraction of sp³-hybridized carbons (Fsp3) is 0.684. The number of methoxy groups -OCH3 is 2. The van der Waals surface area contributed by atoms with Gasteiger partial charge in [0, 0.05) is 52.3 Å². The summed E-state index contributed by atoms with van der Waals surface area (Å²) in [6.07, 6.45) is 5.88. The Balaban J connectivity index is 1.49. The van der Waals surface area contributed by atoms with E-state index in [1.807, 2.05) is 17.3 Å². The van der Waals surface area contributed by atoms with Gasteiger partial charge in [0.2, 0.25) is 5.91 Å². The van der Waals surface area contributed by atoms with Crippen molar-refractivity contribution in [3.05, 3.63) is 30.1 Å². The molecule has 1 aromatic rings. The predicted octanol–water partition coefficient (Wildman–Crippen LogP) is 1.11. The smallest absolute Gasteiger partial charge is 0.248 e. The predicted molar refractivity (Wildman–Crippen MR) is 96.8 cm³/mol. The fourth-order valence-electron chi connectivity index (χ4n) is 3.88. The molecule has 3 heterocycles. The highest BCUT2D eigenvalue weighted by atomic mass is 16.5. The van der Waals surface area contributed by atoms with Crippen LogP contribution < -0.4 is 0 Å². The van der Waals surface area contributed by atoms with Gasteiger partial charge in [-0.05, 0) is 30.5 Å². The van der Waals surface area contributed by atoms with Crippen LogP contribution in [0.2, 0.25) is 0 Å². The standard InChI is InChI=1S/C19H29N3O4/c1-24-11-12-26-14-18(23)21-9-5-16(6-10-21)22-13-17(25-2)19(22)15-3-7-20-8-4-15/h3-4,7-8,16-17,19H,5-6,9-14H2,1-2H3/t17-,19-/m0/s1. The third kappa shape index (κ3) is 4.40. The first kappa shape index (κ1) is 19.2. The maximum absolute atomic E-state index is 12.2. The highest BCUT2D eigenvalue weighted by molar-refractivity contribution is 5.77. The van der Waals surface area contributed by atoms with E-state index in [1.165, 1.54) is 5.56 Å². The molecule has 7 nitrogen and oxygen atoms in total. The van der Waals surface area contributed by atoms with Crippen molar-refractivity contribution in [2.45, 2.75) is 31.0 Å². The molecule has 2 aliphatic rings. The minimum atomic E-state index is 0.0728. The molecule has 2 atom stereocenters. The number of nitrogens with zero attached hydrogens (tertiary/aromatic N) is 3. The third-order valence-electron chi connectivity index (χ3n) is 5.39. The first-order valence-corrected chi connectivity index (χ1v) is 9.27. The van der Waals surface area contributed by atoms with Crippen LogP contribution in [-0.2, 0) is 19.0 Å². The molecule has 0 radical (unpaired) electrons. The van der Waals surface area contributed by atoms with Gasteiger partial charge in [-0.2, -0.15) is 0 Å². The summed E-state index contributed by atoms with van der Waals surface area (Å²) in [5.74, 6) is 0.0728. The monoisotopic (exact) mass is 363 g/mol. The van der Waals surface area contributed by atoms with E-state index in [4.69, 9.17) is 14.2 Å². The Bertz CT molecular complexity index is 563. The first-order valence-electron chi connectivity index (χ1n) is 9.27. The number of rotatable bonds is 8. The van der Waals surface area contributed by atoms with Gasteiger partial charge in [-0.25, -0.2) is 0 Å². The molecule has 0 saturated carbocycles. The first-order chi connectivity index (χ1) is 12.7. The number of likely N-dealkylation sites (tertiary alicyclic amines) is 2. The largest absolute Gasteiger partial charge is 0.382 e. The Labute approximate surface area is 155 Å². The van der Waals surface area contributed by atoms with Crippen molar-refractivity contribution in [3.8, 4) is 0 Å². The molecule has 144 valence electrons. The number of hydrogen-bond acceptors (Lipinski definition) is 6. The molecule has 3 rings (SSSR count). The lowest BCUT2D eigenvalue weighted by molar-refractivity contribution is -0.142. The Morgan fingerprint density at radius 1 is 1.19 bits per heavy atom. The third-order valence-corrected chi connectivity index (χ3v) is 5.39. The van der Waals surface area contributed by atoms with Gasteiger partial charge in [-0.15, -0.1) is 0 Å². The number of pyridine rings is 1. The quantitative estimate of drug-likeness (QED) is 0.645. The number of ether oxygens (including phenoxy) is 3. The van der Waals surface area contributed by atoms with E-state index in [0.29, 0.717) is 19.3 Å². The normalized spacial score (nSPS) is 24.5. The number of aromatic nitrogens is 1. The van der Waals surface area contributed by atoms with E-state index in [-0.39, 0.29) is 24.7 Å². The number of piperidine rings is 1. The molecule has 0 bridgehead atoms. The average Bonchev–Trinajstić information content (AvgIpc) is 2.66. The molecule has 2 saturated heterocycles. The molecule has 2 fully saturated rings. The van der Waals surface area contributed by atoms with E-state index in [9.17, 15) is 4.79 Å². The summed E-state index contributed by atoms with van der Waals surface area (Å²) in [5.41, 5.74) is 1.25. The molecule has 0 unspecified atom stereocenters. The van der Waals surface area contributed by atoms with Crippen LogP contribution in [0.3, 0.4) is 0 Å². The average molecular weight is 363 g/mol. The second-order valence-electron chi connectivity index (χ2n) is 6.85. The molecule has 26 heavy (non-hydrogen) atoms. The zero-order valence-corrected chi connectivity index (χ0v) is 15.7. The Kier molecular flexibility index (Phi) is 6.96. The van der Waals surface area contributed by atoms with E-state index >= 15 is 0 Å². The number of amides is 1. The van der Waals surface area contributed by atoms with Crippen LogP contribution in [0.5, 0.6) is 0 Å². The van der Waals surface area contributed by atoms with Crippen LogP contribution in [0.25, 0.3) is 0 Å². The second kappa shape index (κ2) is 9.41. The SMILES string of the molecule is COCCOCC(=O)N1CCC(N2C[C@H](OC)[C@@H]2c2ccncc2)CC1. The van der Waals surface area contributed by atoms with Crippen LogP contribution in [0.1, 0.15) is 24.4 Å². The summed E-state index contributed by atoms with van der Waals surface area (Å²) >= 11 is 0. The topological polar surface area (TPSA) is 64.1 Å². The van der Waals surface area contributed by atoms with Crippen molar-refractivity contribution < 1.29 is 19.0 Å². The molecule has 7 heteroatoms. The van der Waals surface area contributed by atoms with Crippen LogP contribution >= 0.6 is 0 Å². The molecule has 1 aromatic heterocycles. The van der Waals surface area contributed by atoms with E-state index in [1.54, 1.807) is 14.2 Å². The van der Waals surface area contributed by atoms with Gasteiger partial charge in [0.15, 0.2) is 0 Å². The van der Waals surface area contributed by atoms with Gasteiger partial charge in [-0.3, -0.25) is 14.7 Å². The van der Waals surface area contributed by atoms with Gasteiger partial charge in [0.05, 0.1) is 25.4 Å². The lowest BCUT2D eigenvalue weighted by Crippen LogP contribution is -2.60. The van der Waals surface area contributed by atoms with Crippen molar-refractivity contribution in [1.82, 2.24) is 14.8 Å². The summed E-state index contributed by atoms with van der Waals surface area (Å²) in [4.78, 5) is 20.8. The second-order valence-corrected chi connectivity index (χ2v) is 6.85. The van der Waals surface area contributed by atoms with Gasteiger partial charge < -0.3 is 19.1 Å². The Morgan fingerprint density at radius 3 is 2.58 bits per heavy atom. The molecule has 2 aliphatic heterocycles. The van der Waals surface area contributed by atoms with E-state index in [0.717, 1.165) is 32.5 Å². The van der Waals surface area contributed by atoms with Crippen molar-refractivity contribution in [2.75, 3.05) is 53.7 Å². The number of carbonyl (C=O) groups excluding carboxylic acids is 1. The molecule has 1 amide bonds. The minimum Gasteiger partial charge on any atom is -0.382 e. The lowest BCUT2D eigenvalue weighted by Gasteiger charge is -2.53. The van der Waals surface area contributed by atoms with Gasteiger partial charge in [-0.1, -0.05) is 0 Å². The molecular formula is C19H29N3O4. The van der Waals surface area contributed by atoms with E-state index < -0.39 is 0 Å². The van der Waals surface area contributed by atoms with Gasteiger partial charge in [0.25, 0.3) is 0 Å². The van der Waals surface area contributed by atoms with Crippen molar-refractivity contribution in [1.29, 1.82) is 0 Å². The summed E-state index contributed by atoms with van der Waals surface area (Å²) in [6, 6.07) is 4.91. The van der Waals surface area contributed by atoms with Crippen molar-refractivity contribution in [3.63, 3.8) is 0 Å². The lowest BCUT2D eigenvalue weighted by atomic mass is 9.87. The minimum absolute atomic E-state index is 0.0728. The molecule has 0 aliphatic carbocycles. The molecule has 0 spiro atoms. The molecule has 0 aromatic carbocycles. The van der Waals surface area contributed by atoms with Crippen LogP contribution in [-0.4, -0.2) is 86.5 Å². The molecular weight excluding hydrogens is 334 g/mol. The van der Waals surface area contributed by atoms with Crippen LogP contribution in [0.4, 0.5) is 0 Å². The maximum atomic E-state index is 12.2.